The van der Waals surface area contributed by atoms with Crippen molar-refractivity contribution in [2.75, 3.05) is 10.6 Å². The van der Waals surface area contributed by atoms with Crippen molar-refractivity contribution in [3.63, 3.8) is 0 Å². The summed E-state index contributed by atoms with van der Waals surface area (Å²) in [5.74, 6) is 0.00188. The van der Waals surface area contributed by atoms with Crippen molar-refractivity contribution in [2.45, 2.75) is 17.1 Å². The maximum Gasteiger partial charge on any atom is 0.255 e. The first-order valence-electron chi connectivity index (χ1n) is 10.1. The molecule has 2 amide bonds. The molecular formula is C25H20FN3O3S. The molecule has 0 saturated heterocycles. The first kappa shape index (κ1) is 22.3. The number of aryl methyl sites for hydroxylation is 1. The van der Waals surface area contributed by atoms with E-state index in [0.29, 0.717) is 22.8 Å². The van der Waals surface area contributed by atoms with Crippen LogP contribution in [0.1, 0.15) is 26.9 Å². The number of amides is 2. The Hall–Kier alpha value is -3.91. The number of rotatable bonds is 7. The number of hydrogen-bond acceptors (Lipinski definition) is 5. The zero-order chi connectivity index (χ0) is 23.2. The third-order valence-electron chi connectivity index (χ3n) is 4.69. The minimum atomic E-state index is -0.525. The van der Waals surface area contributed by atoms with Gasteiger partial charge >= 0.3 is 0 Å². The van der Waals surface area contributed by atoms with Crippen molar-refractivity contribution >= 4 is 35.1 Å². The molecule has 0 bridgehead atoms. The molecular weight excluding hydrogens is 441 g/mol. The summed E-state index contributed by atoms with van der Waals surface area (Å²) in [5.41, 5.74) is 1.79. The van der Waals surface area contributed by atoms with Gasteiger partial charge in [0.1, 0.15) is 16.8 Å². The van der Waals surface area contributed by atoms with E-state index in [2.05, 4.69) is 15.8 Å². The van der Waals surface area contributed by atoms with Crippen molar-refractivity contribution in [2.24, 2.45) is 0 Å². The van der Waals surface area contributed by atoms with Crippen molar-refractivity contribution in [1.82, 2.24) is 5.16 Å². The van der Waals surface area contributed by atoms with Gasteiger partial charge in [0.15, 0.2) is 5.82 Å². The maximum atomic E-state index is 13.1. The zero-order valence-electron chi connectivity index (χ0n) is 17.6. The van der Waals surface area contributed by atoms with Crippen LogP contribution in [0.25, 0.3) is 0 Å². The molecule has 4 aromatic rings. The summed E-state index contributed by atoms with van der Waals surface area (Å²) in [6, 6.07) is 23.6. The third-order valence-corrected chi connectivity index (χ3v) is 5.96. The van der Waals surface area contributed by atoms with Gasteiger partial charge in [-0.05, 0) is 61.0 Å². The molecule has 33 heavy (non-hydrogen) atoms. The molecule has 0 aliphatic heterocycles. The number of thioether (sulfide) groups is 1. The SMILES string of the molecule is Cc1cc(NC(=O)C(Sc2ccc(NC(=O)c3ccc(F)cc3)cc2)c2ccccc2)no1. The highest BCUT2D eigenvalue weighted by Crippen LogP contribution is 2.36. The van der Waals surface area contributed by atoms with Crippen LogP contribution in [0.3, 0.4) is 0 Å². The maximum absolute atomic E-state index is 13.1. The first-order valence-corrected chi connectivity index (χ1v) is 11.0. The molecule has 0 radical (unpaired) electrons. The van der Waals surface area contributed by atoms with Crippen LogP contribution >= 0.6 is 11.8 Å². The minimum absolute atomic E-state index is 0.229. The molecule has 0 fully saturated rings. The Morgan fingerprint density at radius 2 is 1.64 bits per heavy atom. The highest BCUT2D eigenvalue weighted by atomic mass is 32.2. The Kier molecular flexibility index (Phi) is 6.85. The van der Waals surface area contributed by atoms with E-state index in [-0.39, 0.29) is 11.8 Å². The van der Waals surface area contributed by atoms with Crippen LogP contribution in [0, 0.1) is 12.7 Å². The number of aromatic nitrogens is 1. The van der Waals surface area contributed by atoms with Crippen molar-refractivity contribution in [1.29, 1.82) is 0 Å². The quantitative estimate of drug-likeness (QED) is 0.338. The predicted octanol–water partition coefficient (Wildman–Crippen LogP) is 5.85. The molecule has 0 aliphatic rings. The minimum Gasteiger partial charge on any atom is -0.360 e. The Morgan fingerprint density at radius 3 is 2.27 bits per heavy atom. The van der Waals surface area contributed by atoms with Gasteiger partial charge in [-0.25, -0.2) is 4.39 Å². The van der Waals surface area contributed by atoms with Crippen LogP contribution in [0.5, 0.6) is 0 Å². The number of nitrogens with one attached hydrogen (secondary N) is 2. The fourth-order valence-corrected chi connectivity index (χ4v) is 4.10. The third kappa shape index (κ3) is 5.87. The highest BCUT2D eigenvalue weighted by molar-refractivity contribution is 8.00. The molecule has 0 saturated carbocycles. The number of benzene rings is 3. The van der Waals surface area contributed by atoms with Crippen LogP contribution in [0.15, 0.2) is 94.3 Å². The highest BCUT2D eigenvalue weighted by Gasteiger charge is 2.23. The molecule has 1 unspecified atom stereocenters. The second-order valence-corrected chi connectivity index (χ2v) is 8.38. The summed E-state index contributed by atoms with van der Waals surface area (Å²) in [7, 11) is 0. The average Bonchev–Trinajstić information content (AvgIpc) is 3.23. The summed E-state index contributed by atoms with van der Waals surface area (Å²) in [5, 5.41) is 8.88. The van der Waals surface area contributed by atoms with Gasteiger partial charge in [0, 0.05) is 22.2 Å². The fourth-order valence-electron chi connectivity index (χ4n) is 3.08. The number of hydrogen-bond donors (Lipinski definition) is 2. The molecule has 166 valence electrons. The summed E-state index contributed by atoms with van der Waals surface area (Å²) in [4.78, 5) is 26.2. The fraction of sp³-hybridized carbons (Fsp3) is 0.0800. The predicted molar refractivity (Wildman–Crippen MR) is 126 cm³/mol. The van der Waals surface area contributed by atoms with Crippen LogP contribution in [0.2, 0.25) is 0 Å². The lowest BCUT2D eigenvalue weighted by Gasteiger charge is -2.16. The van der Waals surface area contributed by atoms with E-state index in [0.717, 1.165) is 10.5 Å². The lowest BCUT2D eigenvalue weighted by atomic mass is 10.1. The summed E-state index contributed by atoms with van der Waals surface area (Å²) in [6.45, 7) is 1.75. The Balaban J connectivity index is 1.47. The van der Waals surface area contributed by atoms with Gasteiger partial charge in [-0.15, -0.1) is 11.8 Å². The lowest BCUT2D eigenvalue weighted by Crippen LogP contribution is -2.19. The lowest BCUT2D eigenvalue weighted by molar-refractivity contribution is -0.115. The van der Waals surface area contributed by atoms with E-state index in [1.54, 1.807) is 25.1 Å². The second kappa shape index (κ2) is 10.1. The molecule has 1 heterocycles. The van der Waals surface area contributed by atoms with Crippen LogP contribution in [0.4, 0.5) is 15.9 Å². The number of halogens is 1. The van der Waals surface area contributed by atoms with Gasteiger partial charge in [0.25, 0.3) is 5.91 Å². The van der Waals surface area contributed by atoms with Gasteiger partial charge in [0.2, 0.25) is 5.91 Å². The van der Waals surface area contributed by atoms with Crippen molar-refractivity contribution < 1.29 is 18.5 Å². The molecule has 0 spiro atoms. The van der Waals surface area contributed by atoms with E-state index in [1.165, 1.54) is 36.0 Å². The zero-order valence-corrected chi connectivity index (χ0v) is 18.4. The monoisotopic (exact) mass is 461 g/mol. The largest absolute Gasteiger partial charge is 0.360 e. The topological polar surface area (TPSA) is 84.2 Å². The van der Waals surface area contributed by atoms with E-state index in [1.807, 2.05) is 42.5 Å². The number of anilines is 2. The molecule has 0 aliphatic carbocycles. The van der Waals surface area contributed by atoms with Gasteiger partial charge in [-0.2, -0.15) is 0 Å². The summed E-state index contributed by atoms with van der Waals surface area (Å²) >= 11 is 1.38. The molecule has 6 nitrogen and oxygen atoms in total. The average molecular weight is 462 g/mol. The van der Waals surface area contributed by atoms with Gasteiger partial charge in [-0.3, -0.25) is 9.59 Å². The van der Waals surface area contributed by atoms with Crippen LogP contribution < -0.4 is 10.6 Å². The van der Waals surface area contributed by atoms with Gasteiger partial charge in [-0.1, -0.05) is 35.5 Å². The van der Waals surface area contributed by atoms with Gasteiger partial charge < -0.3 is 15.2 Å². The van der Waals surface area contributed by atoms with Crippen LogP contribution in [-0.4, -0.2) is 17.0 Å². The van der Waals surface area contributed by atoms with Gasteiger partial charge in [0.05, 0.1) is 0 Å². The van der Waals surface area contributed by atoms with Crippen LogP contribution in [-0.2, 0) is 4.79 Å². The Labute approximate surface area is 194 Å². The standard InChI is InChI=1S/C25H20FN3O3S/c1-16-15-22(29-32-16)28-25(31)23(17-5-3-2-4-6-17)33-21-13-11-20(12-14-21)27-24(30)18-7-9-19(26)10-8-18/h2-15,23H,1H3,(H,27,30)(H,28,29,31). The van der Waals surface area contributed by atoms with Crippen molar-refractivity contribution in [3.05, 3.63) is 108 Å². The van der Waals surface area contributed by atoms with Crippen molar-refractivity contribution in [3.8, 4) is 0 Å². The number of carbonyl (C=O) groups is 2. The normalized spacial score (nSPS) is 11.6. The molecule has 4 rings (SSSR count). The smallest absolute Gasteiger partial charge is 0.255 e. The van der Waals surface area contributed by atoms with E-state index in [9.17, 15) is 14.0 Å². The molecule has 3 aromatic carbocycles. The Bertz CT molecular complexity index is 1240. The van der Waals surface area contributed by atoms with E-state index < -0.39 is 11.1 Å². The second-order valence-electron chi connectivity index (χ2n) is 7.21. The first-order chi connectivity index (χ1) is 16.0. The Morgan fingerprint density at radius 1 is 0.939 bits per heavy atom. The van der Waals surface area contributed by atoms with E-state index >= 15 is 0 Å². The molecule has 8 heteroatoms. The summed E-state index contributed by atoms with van der Waals surface area (Å²) in [6.07, 6.45) is 0. The molecule has 1 atom stereocenters. The number of carbonyl (C=O) groups excluding carboxylic acids is 2. The number of nitrogens with zero attached hydrogens (tertiary/aromatic N) is 1. The molecule has 1 aromatic heterocycles. The molecule has 2 N–H and O–H groups in total. The van der Waals surface area contributed by atoms with E-state index in [4.69, 9.17) is 4.52 Å². The summed E-state index contributed by atoms with van der Waals surface area (Å²) < 4.78 is 18.1.